The molecule has 0 saturated carbocycles. The first-order chi connectivity index (χ1) is 9.00. The molecule has 4 N–H and O–H groups in total. The fourth-order valence-electron chi connectivity index (χ4n) is 1.81. The Labute approximate surface area is 113 Å². The molecule has 0 unspecified atom stereocenters. The van der Waals surface area contributed by atoms with Crippen LogP contribution in [0.3, 0.4) is 0 Å². The minimum atomic E-state index is -0.725. The lowest BCUT2D eigenvalue weighted by atomic mass is 10.1. The molecule has 0 aliphatic carbocycles. The molecule has 0 aromatic heterocycles. The van der Waals surface area contributed by atoms with Crippen molar-refractivity contribution in [3.63, 3.8) is 0 Å². The average Bonchev–Trinajstić information content (AvgIpc) is 2.37. The van der Waals surface area contributed by atoms with Gasteiger partial charge in [-0.2, -0.15) is 0 Å². The van der Waals surface area contributed by atoms with E-state index in [2.05, 4.69) is 0 Å². The highest BCUT2D eigenvalue weighted by Crippen LogP contribution is 2.15. The summed E-state index contributed by atoms with van der Waals surface area (Å²) in [5.74, 6) is -0.710. The number of nitrogens with two attached hydrogens (primary N) is 1. The van der Waals surface area contributed by atoms with E-state index in [4.69, 9.17) is 16.2 Å². The van der Waals surface area contributed by atoms with Crippen LogP contribution in [0.4, 0.5) is 5.69 Å². The van der Waals surface area contributed by atoms with E-state index >= 15 is 0 Å². The molecule has 0 aliphatic heterocycles. The van der Waals surface area contributed by atoms with Gasteiger partial charge in [0, 0.05) is 19.2 Å². The number of hydrogen-bond acceptors (Lipinski definition) is 2. The maximum absolute atomic E-state index is 10.4. The van der Waals surface area contributed by atoms with Crippen molar-refractivity contribution in [2.45, 2.75) is 32.1 Å². The maximum Gasteiger partial charge on any atom is 0.303 e. The summed E-state index contributed by atoms with van der Waals surface area (Å²) in [5.41, 5.74) is 7.51. The molecule has 1 aromatic carbocycles. The van der Waals surface area contributed by atoms with Crippen LogP contribution >= 0.6 is 0 Å². The minimum Gasteiger partial charge on any atom is -0.481 e. The van der Waals surface area contributed by atoms with Gasteiger partial charge in [-0.3, -0.25) is 10.2 Å². The van der Waals surface area contributed by atoms with Gasteiger partial charge in [-0.05, 0) is 37.0 Å². The molecule has 5 heteroatoms. The fraction of sp³-hybridized carbons (Fsp3) is 0.429. The van der Waals surface area contributed by atoms with Crippen molar-refractivity contribution in [3.8, 4) is 0 Å². The highest BCUT2D eigenvalue weighted by molar-refractivity contribution is 5.91. The topological polar surface area (TPSA) is 90.4 Å². The number of benzene rings is 1. The van der Waals surface area contributed by atoms with E-state index in [1.807, 2.05) is 24.3 Å². The van der Waals surface area contributed by atoms with Crippen molar-refractivity contribution >= 4 is 17.6 Å². The summed E-state index contributed by atoms with van der Waals surface area (Å²) in [6, 6.07) is 7.92. The van der Waals surface area contributed by atoms with Crippen LogP contribution in [0.25, 0.3) is 0 Å². The Balaban J connectivity index is 2.36. The van der Waals surface area contributed by atoms with Crippen LogP contribution in [0.5, 0.6) is 0 Å². The molecule has 0 heterocycles. The van der Waals surface area contributed by atoms with E-state index < -0.39 is 5.97 Å². The SMILES string of the molecule is CN(C(=N)N)c1ccc(CCCCCC(=O)O)cc1. The normalized spacial score (nSPS) is 10.2. The first kappa shape index (κ1) is 15.0. The maximum atomic E-state index is 10.4. The zero-order chi connectivity index (χ0) is 14.3. The Morgan fingerprint density at radius 3 is 2.42 bits per heavy atom. The standard InChI is InChI=1S/C14H21N3O2/c1-17(14(15)16)12-9-7-11(8-10-12)5-3-2-4-6-13(18)19/h7-10H,2-6H2,1H3,(H3,15,16)(H,18,19). The summed E-state index contributed by atoms with van der Waals surface area (Å²) in [4.78, 5) is 12.0. The molecule has 0 fully saturated rings. The van der Waals surface area contributed by atoms with Crippen LogP contribution in [0.1, 0.15) is 31.2 Å². The zero-order valence-electron chi connectivity index (χ0n) is 11.2. The van der Waals surface area contributed by atoms with Gasteiger partial charge in [0.25, 0.3) is 0 Å². The number of guanidine groups is 1. The number of carbonyl (C=O) groups is 1. The molecule has 104 valence electrons. The smallest absolute Gasteiger partial charge is 0.303 e. The van der Waals surface area contributed by atoms with Crippen LogP contribution in [-0.2, 0) is 11.2 Å². The van der Waals surface area contributed by atoms with Crippen LogP contribution in [0.15, 0.2) is 24.3 Å². The van der Waals surface area contributed by atoms with Gasteiger partial charge in [-0.25, -0.2) is 0 Å². The Hall–Kier alpha value is -2.04. The van der Waals surface area contributed by atoms with Crippen LogP contribution < -0.4 is 10.6 Å². The summed E-state index contributed by atoms with van der Waals surface area (Å²) in [7, 11) is 1.75. The van der Waals surface area contributed by atoms with E-state index in [-0.39, 0.29) is 12.4 Å². The lowest BCUT2D eigenvalue weighted by Gasteiger charge is -2.16. The Morgan fingerprint density at radius 1 is 1.26 bits per heavy atom. The van der Waals surface area contributed by atoms with Gasteiger partial charge in [0.05, 0.1) is 0 Å². The fourth-order valence-corrected chi connectivity index (χ4v) is 1.81. The number of nitrogens with one attached hydrogen (secondary N) is 1. The first-order valence-corrected chi connectivity index (χ1v) is 6.39. The van der Waals surface area contributed by atoms with Gasteiger partial charge in [0.2, 0.25) is 0 Å². The third-order valence-electron chi connectivity index (χ3n) is 3.04. The molecular weight excluding hydrogens is 242 g/mol. The predicted molar refractivity (Wildman–Crippen MR) is 76.6 cm³/mol. The molecule has 5 nitrogen and oxygen atoms in total. The van der Waals surface area contributed by atoms with E-state index in [1.54, 1.807) is 11.9 Å². The molecule has 1 aromatic rings. The second-order valence-electron chi connectivity index (χ2n) is 4.57. The van der Waals surface area contributed by atoms with Crippen molar-refractivity contribution in [2.75, 3.05) is 11.9 Å². The second-order valence-corrected chi connectivity index (χ2v) is 4.57. The van der Waals surface area contributed by atoms with Gasteiger partial charge < -0.3 is 15.7 Å². The van der Waals surface area contributed by atoms with Crippen LogP contribution in [-0.4, -0.2) is 24.1 Å². The Bertz CT molecular complexity index is 429. The van der Waals surface area contributed by atoms with Crippen molar-refractivity contribution in [1.29, 1.82) is 5.41 Å². The van der Waals surface area contributed by atoms with Gasteiger partial charge in [0.15, 0.2) is 5.96 Å². The highest BCUT2D eigenvalue weighted by Gasteiger charge is 2.03. The molecule has 0 saturated heterocycles. The largest absolute Gasteiger partial charge is 0.481 e. The second kappa shape index (κ2) is 7.41. The number of rotatable bonds is 7. The van der Waals surface area contributed by atoms with E-state index in [0.29, 0.717) is 0 Å². The summed E-state index contributed by atoms with van der Waals surface area (Å²) >= 11 is 0. The summed E-state index contributed by atoms with van der Waals surface area (Å²) in [6.07, 6.45) is 3.86. The Kier molecular flexibility index (Phi) is 5.85. The highest BCUT2D eigenvalue weighted by atomic mass is 16.4. The third kappa shape index (κ3) is 5.42. The number of aryl methyl sites for hydroxylation is 1. The van der Waals surface area contributed by atoms with Crippen LogP contribution in [0.2, 0.25) is 0 Å². The number of aliphatic carboxylic acids is 1. The average molecular weight is 263 g/mol. The molecule has 1 rings (SSSR count). The lowest BCUT2D eigenvalue weighted by Crippen LogP contribution is -2.32. The number of carboxylic acid groups (broad SMARTS) is 1. The van der Waals surface area contributed by atoms with Gasteiger partial charge in [-0.15, -0.1) is 0 Å². The monoisotopic (exact) mass is 263 g/mol. The molecule has 0 aliphatic rings. The van der Waals surface area contributed by atoms with Crippen molar-refractivity contribution in [2.24, 2.45) is 5.73 Å². The number of unbranched alkanes of at least 4 members (excludes halogenated alkanes) is 2. The molecule has 0 bridgehead atoms. The number of carboxylic acids is 1. The lowest BCUT2D eigenvalue weighted by molar-refractivity contribution is -0.137. The van der Waals surface area contributed by atoms with Crippen LogP contribution in [0, 0.1) is 5.41 Å². The number of hydrogen-bond donors (Lipinski definition) is 3. The zero-order valence-corrected chi connectivity index (χ0v) is 11.2. The third-order valence-corrected chi connectivity index (χ3v) is 3.04. The molecule has 0 radical (unpaired) electrons. The summed E-state index contributed by atoms with van der Waals surface area (Å²) < 4.78 is 0. The first-order valence-electron chi connectivity index (χ1n) is 6.39. The summed E-state index contributed by atoms with van der Waals surface area (Å²) in [5, 5.41) is 15.9. The van der Waals surface area contributed by atoms with Gasteiger partial charge in [-0.1, -0.05) is 18.6 Å². The molecular formula is C14H21N3O2. The predicted octanol–water partition coefficient (Wildman–Crippen LogP) is 2.20. The van der Waals surface area contributed by atoms with Crippen molar-refractivity contribution < 1.29 is 9.90 Å². The molecule has 19 heavy (non-hydrogen) atoms. The van der Waals surface area contributed by atoms with Gasteiger partial charge >= 0.3 is 5.97 Å². The van der Waals surface area contributed by atoms with Gasteiger partial charge in [0.1, 0.15) is 0 Å². The van der Waals surface area contributed by atoms with Crippen molar-refractivity contribution in [3.05, 3.63) is 29.8 Å². The van der Waals surface area contributed by atoms with E-state index in [1.165, 1.54) is 5.56 Å². The Morgan fingerprint density at radius 2 is 1.89 bits per heavy atom. The summed E-state index contributed by atoms with van der Waals surface area (Å²) in [6.45, 7) is 0. The molecule has 0 spiro atoms. The molecule has 0 atom stereocenters. The quantitative estimate of drug-likeness (QED) is 0.399. The van der Waals surface area contributed by atoms with E-state index in [9.17, 15) is 4.79 Å². The number of anilines is 1. The number of nitrogens with zero attached hydrogens (tertiary/aromatic N) is 1. The molecule has 0 amide bonds. The van der Waals surface area contributed by atoms with E-state index in [0.717, 1.165) is 31.4 Å². The minimum absolute atomic E-state index is 0.0152. The van der Waals surface area contributed by atoms with Crippen molar-refractivity contribution in [1.82, 2.24) is 0 Å².